The molecule has 1 unspecified atom stereocenters. The predicted molar refractivity (Wildman–Crippen MR) is 73.7 cm³/mol. The first-order valence-corrected chi connectivity index (χ1v) is 6.68. The molecule has 0 bridgehead atoms. The summed E-state index contributed by atoms with van der Waals surface area (Å²) in [6, 6.07) is 0.938. The Morgan fingerprint density at radius 3 is 2.30 bits per heavy atom. The van der Waals surface area contributed by atoms with Crippen molar-refractivity contribution in [2.75, 3.05) is 23.7 Å². The molecule has 1 atom stereocenters. The van der Waals surface area contributed by atoms with Crippen LogP contribution in [0.4, 0.5) is 24.9 Å². The second kappa shape index (κ2) is 6.76. The van der Waals surface area contributed by atoms with Crippen molar-refractivity contribution in [3.8, 4) is 0 Å². The molecule has 0 saturated heterocycles. The largest absolute Gasteiger partial charge is 0.433 e. The molecule has 1 heterocycles. The van der Waals surface area contributed by atoms with Gasteiger partial charge in [0.15, 0.2) is 5.69 Å². The Labute approximate surface area is 117 Å². The molecule has 0 aliphatic carbocycles. The fourth-order valence-electron chi connectivity index (χ4n) is 1.42. The molecule has 1 rings (SSSR count). The number of nitrogens with one attached hydrogen (secondary N) is 2. The van der Waals surface area contributed by atoms with Crippen LogP contribution in [-0.2, 0) is 6.18 Å². The molecule has 20 heavy (non-hydrogen) atoms. The van der Waals surface area contributed by atoms with Gasteiger partial charge < -0.3 is 10.6 Å². The van der Waals surface area contributed by atoms with Crippen LogP contribution in [0.3, 0.4) is 0 Å². The number of rotatable bonds is 6. The van der Waals surface area contributed by atoms with Gasteiger partial charge in [0.1, 0.15) is 5.82 Å². The summed E-state index contributed by atoms with van der Waals surface area (Å²) in [5, 5.41) is 5.65. The van der Waals surface area contributed by atoms with E-state index in [1.165, 1.54) is 0 Å². The monoisotopic (exact) mass is 290 g/mol. The highest BCUT2D eigenvalue weighted by Gasteiger charge is 2.33. The van der Waals surface area contributed by atoms with Gasteiger partial charge in [-0.3, -0.25) is 0 Å². The first-order valence-electron chi connectivity index (χ1n) is 6.68. The maximum Gasteiger partial charge on any atom is 0.433 e. The molecule has 4 nitrogen and oxygen atoms in total. The van der Waals surface area contributed by atoms with Crippen molar-refractivity contribution in [2.24, 2.45) is 11.8 Å². The van der Waals surface area contributed by atoms with E-state index in [-0.39, 0.29) is 11.8 Å². The Morgan fingerprint density at radius 2 is 1.80 bits per heavy atom. The van der Waals surface area contributed by atoms with Crippen molar-refractivity contribution < 1.29 is 13.2 Å². The minimum atomic E-state index is -4.48. The van der Waals surface area contributed by atoms with Gasteiger partial charge in [-0.25, -0.2) is 4.98 Å². The maximum atomic E-state index is 12.8. The van der Waals surface area contributed by atoms with Crippen LogP contribution in [-0.4, -0.2) is 23.1 Å². The molecule has 0 aliphatic heterocycles. The van der Waals surface area contributed by atoms with E-state index in [1.54, 1.807) is 6.92 Å². The van der Waals surface area contributed by atoms with E-state index in [4.69, 9.17) is 0 Å². The molecule has 7 heteroatoms. The fraction of sp³-hybridized carbons (Fsp3) is 0.692. The number of nitrogens with zero attached hydrogens (tertiary/aromatic N) is 2. The van der Waals surface area contributed by atoms with Crippen molar-refractivity contribution in [1.82, 2.24) is 9.97 Å². The average Bonchev–Trinajstić information content (AvgIpc) is 2.35. The van der Waals surface area contributed by atoms with Gasteiger partial charge in [-0.15, -0.1) is 0 Å². The van der Waals surface area contributed by atoms with Crippen LogP contribution in [0.5, 0.6) is 0 Å². The summed E-state index contributed by atoms with van der Waals surface area (Å²) in [6.07, 6.45) is -4.48. The second-order valence-corrected chi connectivity index (χ2v) is 5.09. The predicted octanol–water partition coefficient (Wildman–Crippen LogP) is 3.63. The Kier molecular flexibility index (Phi) is 5.59. The van der Waals surface area contributed by atoms with E-state index in [0.29, 0.717) is 24.9 Å². The topological polar surface area (TPSA) is 49.8 Å². The number of halogens is 3. The highest BCUT2D eigenvalue weighted by molar-refractivity contribution is 5.43. The minimum Gasteiger partial charge on any atom is -0.370 e. The lowest BCUT2D eigenvalue weighted by Gasteiger charge is -2.17. The first kappa shape index (κ1) is 16.5. The van der Waals surface area contributed by atoms with Crippen molar-refractivity contribution in [1.29, 1.82) is 0 Å². The number of anilines is 2. The van der Waals surface area contributed by atoms with Gasteiger partial charge in [-0.1, -0.05) is 20.8 Å². The highest BCUT2D eigenvalue weighted by atomic mass is 19.4. The van der Waals surface area contributed by atoms with Crippen LogP contribution >= 0.6 is 0 Å². The van der Waals surface area contributed by atoms with Crippen molar-refractivity contribution >= 4 is 11.8 Å². The summed E-state index contributed by atoms with van der Waals surface area (Å²) in [4.78, 5) is 7.50. The molecule has 0 fully saturated rings. The lowest BCUT2D eigenvalue weighted by molar-refractivity contribution is -0.141. The van der Waals surface area contributed by atoms with Crippen LogP contribution in [0, 0.1) is 11.8 Å². The average molecular weight is 290 g/mol. The lowest BCUT2D eigenvalue weighted by atomic mass is 9.98. The molecule has 0 amide bonds. The second-order valence-electron chi connectivity index (χ2n) is 5.09. The molecule has 114 valence electrons. The van der Waals surface area contributed by atoms with Crippen molar-refractivity contribution in [3.05, 3.63) is 11.8 Å². The van der Waals surface area contributed by atoms with Crippen LogP contribution in [0.15, 0.2) is 6.07 Å². The first-order chi connectivity index (χ1) is 9.24. The molecular weight excluding hydrogens is 269 g/mol. The molecule has 0 aromatic carbocycles. The van der Waals surface area contributed by atoms with E-state index in [2.05, 4.69) is 34.4 Å². The summed E-state index contributed by atoms with van der Waals surface area (Å²) >= 11 is 0. The molecule has 0 spiro atoms. The number of aromatic nitrogens is 2. The number of hydrogen-bond acceptors (Lipinski definition) is 4. The zero-order valence-electron chi connectivity index (χ0n) is 12.2. The number of hydrogen-bond donors (Lipinski definition) is 2. The molecule has 1 aromatic heterocycles. The van der Waals surface area contributed by atoms with E-state index in [0.717, 1.165) is 6.07 Å². The Hall–Kier alpha value is -1.53. The smallest absolute Gasteiger partial charge is 0.370 e. The van der Waals surface area contributed by atoms with Gasteiger partial charge in [0.25, 0.3) is 0 Å². The van der Waals surface area contributed by atoms with Gasteiger partial charge in [-0.05, 0) is 18.8 Å². The Morgan fingerprint density at radius 1 is 1.15 bits per heavy atom. The van der Waals surface area contributed by atoms with Crippen LogP contribution in [0.2, 0.25) is 0 Å². The van der Waals surface area contributed by atoms with Gasteiger partial charge in [0, 0.05) is 19.2 Å². The third-order valence-corrected chi connectivity index (χ3v) is 3.09. The van der Waals surface area contributed by atoms with E-state index >= 15 is 0 Å². The Bertz CT molecular complexity index is 432. The minimum absolute atomic E-state index is 0.0120. The molecule has 1 aromatic rings. The van der Waals surface area contributed by atoms with Gasteiger partial charge in [-0.2, -0.15) is 18.2 Å². The van der Waals surface area contributed by atoms with E-state index in [1.807, 2.05) is 6.92 Å². The number of alkyl halides is 3. The summed E-state index contributed by atoms with van der Waals surface area (Å²) in [7, 11) is 0. The van der Waals surface area contributed by atoms with Crippen LogP contribution in [0.1, 0.15) is 33.4 Å². The van der Waals surface area contributed by atoms with Crippen LogP contribution in [0.25, 0.3) is 0 Å². The quantitative estimate of drug-likeness (QED) is 0.840. The van der Waals surface area contributed by atoms with Gasteiger partial charge in [0.05, 0.1) is 0 Å². The molecule has 0 aliphatic rings. The third-order valence-electron chi connectivity index (χ3n) is 3.09. The fourth-order valence-corrected chi connectivity index (χ4v) is 1.42. The van der Waals surface area contributed by atoms with Crippen molar-refractivity contribution in [3.63, 3.8) is 0 Å². The normalized spacial score (nSPS) is 13.4. The zero-order valence-corrected chi connectivity index (χ0v) is 12.2. The SMILES string of the molecule is CCNc1nc(NCC(C)C(C)C)cc(C(F)(F)F)n1. The van der Waals surface area contributed by atoms with Crippen molar-refractivity contribution in [2.45, 2.75) is 33.9 Å². The Balaban J connectivity index is 2.91. The van der Waals surface area contributed by atoms with E-state index in [9.17, 15) is 13.2 Å². The maximum absolute atomic E-state index is 12.8. The van der Waals surface area contributed by atoms with Crippen LogP contribution < -0.4 is 10.6 Å². The molecule has 0 radical (unpaired) electrons. The molecular formula is C13H21F3N4. The zero-order chi connectivity index (χ0) is 15.3. The van der Waals surface area contributed by atoms with Gasteiger partial charge in [0.2, 0.25) is 5.95 Å². The summed E-state index contributed by atoms with van der Waals surface area (Å²) in [5.41, 5.74) is -0.942. The lowest BCUT2D eigenvalue weighted by Crippen LogP contribution is -2.19. The summed E-state index contributed by atoms with van der Waals surface area (Å²) < 4.78 is 38.3. The molecule has 2 N–H and O–H groups in total. The third kappa shape index (κ3) is 4.86. The molecule has 0 saturated carbocycles. The van der Waals surface area contributed by atoms with Gasteiger partial charge >= 0.3 is 6.18 Å². The summed E-state index contributed by atoms with van der Waals surface area (Å²) in [5.74, 6) is 0.958. The summed E-state index contributed by atoms with van der Waals surface area (Å²) in [6.45, 7) is 8.97. The standard InChI is InChI=1S/C13H21F3N4/c1-5-17-12-19-10(13(14,15)16)6-11(20-12)18-7-9(4)8(2)3/h6,8-9H,5,7H2,1-4H3,(H2,17,18,19,20). The van der Waals surface area contributed by atoms with E-state index < -0.39 is 11.9 Å². The highest BCUT2D eigenvalue weighted by Crippen LogP contribution is 2.29.